The van der Waals surface area contributed by atoms with E-state index < -0.39 is 5.38 Å². The van der Waals surface area contributed by atoms with Gasteiger partial charge in [0.15, 0.2) is 5.78 Å². The second-order valence-electron chi connectivity index (χ2n) is 4.67. The molecule has 3 aromatic rings. The number of alkyl halides is 1. The summed E-state index contributed by atoms with van der Waals surface area (Å²) in [5, 5.41) is 3.79. The minimum Gasteiger partial charge on any atom is -0.292 e. The van der Waals surface area contributed by atoms with E-state index in [1.165, 1.54) is 0 Å². The summed E-state index contributed by atoms with van der Waals surface area (Å²) < 4.78 is 0. The van der Waals surface area contributed by atoms with E-state index in [2.05, 4.69) is 6.07 Å². The molecule has 0 amide bonds. The van der Waals surface area contributed by atoms with Crippen LogP contribution in [0.5, 0.6) is 0 Å². The van der Waals surface area contributed by atoms with Crippen LogP contribution < -0.4 is 0 Å². The molecule has 1 atom stereocenters. The van der Waals surface area contributed by atoms with Gasteiger partial charge in [-0.15, -0.1) is 11.6 Å². The molecule has 0 aromatic heterocycles. The van der Waals surface area contributed by atoms with Crippen molar-refractivity contribution < 1.29 is 4.79 Å². The van der Waals surface area contributed by atoms with Crippen LogP contribution in [0, 0.1) is 0 Å². The van der Waals surface area contributed by atoms with Gasteiger partial charge in [-0.1, -0.05) is 48.5 Å². The van der Waals surface area contributed by atoms with Crippen LogP contribution in [-0.2, 0) is 0 Å². The Morgan fingerprint density at radius 3 is 2.21 bits per heavy atom. The van der Waals surface area contributed by atoms with Crippen LogP contribution in [0.1, 0.15) is 17.3 Å². The van der Waals surface area contributed by atoms with Crippen molar-refractivity contribution in [3.63, 3.8) is 0 Å². The molecule has 0 saturated carbocycles. The molecule has 0 fully saturated rings. The van der Waals surface area contributed by atoms with Crippen molar-refractivity contribution in [1.29, 1.82) is 0 Å². The standard InChI is InChI=1S/C17H13ClO/c1-11(18)17(19)16-10-12-6-2-3-7-13(12)14-8-4-5-9-15(14)16/h2-11H,1H3. The number of halogens is 1. The van der Waals surface area contributed by atoms with Crippen molar-refractivity contribution in [3.05, 3.63) is 60.2 Å². The molecule has 0 aliphatic rings. The number of carbonyl (C=O) groups excluding carboxylic acids is 1. The molecule has 0 heterocycles. The first kappa shape index (κ1) is 12.2. The van der Waals surface area contributed by atoms with Crippen molar-refractivity contribution >= 4 is 38.9 Å². The maximum atomic E-state index is 12.3. The third kappa shape index (κ3) is 2.00. The molecule has 1 nitrogen and oxygen atoms in total. The molecule has 1 unspecified atom stereocenters. The lowest BCUT2D eigenvalue weighted by Gasteiger charge is -2.10. The van der Waals surface area contributed by atoms with Crippen molar-refractivity contribution in [2.75, 3.05) is 0 Å². The number of Topliss-reactive ketones (excluding diaryl/α,β-unsaturated/α-hetero) is 1. The fraction of sp³-hybridized carbons (Fsp3) is 0.118. The number of rotatable bonds is 2. The summed E-state index contributed by atoms with van der Waals surface area (Å²) in [7, 11) is 0. The van der Waals surface area contributed by atoms with E-state index in [1.54, 1.807) is 6.92 Å². The average Bonchev–Trinajstić information content (AvgIpc) is 2.45. The third-order valence-electron chi connectivity index (χ3n) is 3.39. The van der Waals surface area contributed by atoms with E-state index in [-0.39, 0.29) is 5.78 Å². The van der Waals surface area contributed by atoms with Gasteiger partial charge in [0, 0.05) is 5.56 Å². The van der Waals surface area contributed by atoms with Crippen LogP contribution in [0.4, 0.5) is 0 Å². The number of fused-ring (bicyclic) bond motifs is 3. The monoisotopic (exact) mass is 268 g/mol. The van der Waals surface area contributed by atoms with Crippen LogP contribution in [0.25, 0.3) is 21.5 Å². The number of hydrogen-bond acceptors (Lipinski definition) is 1. The van der Waals surface area contributed by atoms with Crippen LogP contribution in [0.2, 0.25) is 0 Å². The van der Waals surface area contributed by atoms with Gasteiger partial charge in [0.05, 0.1) is 5.38 Å². The molecule has 0 saturated heterocycles. The van der Waals surface area contributed by atoms with Crippen molar-refractivity contribution in [2.24, 2.45) is 0 Å². The van der Waals surface area contributed by atoms with Crippen LogP contribution in [0.3, 0.4) is 0 Å². The van der Waals surface area contributed by atoms with E-state index in [1.807, 2.05) is 48.5 Å². The highest BCUT2D eigenvalue weighted by molar-refractivity contribution is 6.35. The van der Waals surface area contributed by atoms with Gasteiger partial charge in [-0.3, -0.25) is 4.79 Å². The van der Waals surface area contributed by atoms with E-state index in [9.17, 15) is 4.79 Å². The van der Waals surface area contributed by atoms with Crippen molar-refractivity contribution in [2.45, 2.75) is 12.3 Å². The van der Waals surface area contributed by atoms with Crippen LogP contribution >= 0.6 is 11.6 Å². The Hall–Kier alpha value is -1.86. The smallest absolute Gasteiger partial charge is 0.181 e. The summed E-state index contributed by atoms with van der Waals surface area (Å²) in [6.45, 7) is 1.72. The first-order chi connectivity index (χ1) is 9.18. The first-order valence-corrected chi connectivity index (χ1v) is 6.71. The van der Waals surface area contributed by atoms with Crippen LogP contribution in [0.15, 0.2) is 54.6 Å². The van der Waals surface area contributed by atoms with E-state index >= 15 is 0 Å². The predicted octanol–water partition coefficient (Wildman–Crippen LogP) is 4.80. The van der Waals surface area contributed by atoms with Gasteiger partial charge in [-0.25, -0.2) is 0 Å². The molecule has 0 aliphatic heterocycles. The fourth-order valence-corrected chi connectivity index (χ4v) is 2.59. The number of carbonyl (C=O) groups is 1. The minimum atomic E-state index is -0.510. The fourth-order valence-electron chi connectivity index (χ4n) is 2.47. The topological polar surface area (TPSA) is 17.1 Å². The van der Waals surface area contributed by atoms with E-state index in [0.717, 1.165) is 21.5 Å². The highest BCUT2D eigenvalue weighted by Gasteiger charge is 2.16. The normalized spacial score (nSPS) is 12.7. The Morgan fingerprint density at radius 1 is 0.947 bits per heavy atom. The quantitative estimate of drug-likeness (QED) is 0.371. The number of ketones is 1. The second kappa shape index (κ2) is 4.67. The largest absolute Gasteiger partial charge is 0.292 e. The zero-order valence-electron chi connectivity index (χ0n) is 10.6. The lowest BCUT2D eigenvalue weighted by atomic mass is 9.94. The lowest BCUT2D eigenvalue weighted by molar-refractivity contribution is 0.0993. The maximum Gasteiger partial charge on any atom is 0.181 e. The van der Waals surface area contributed by atoms with Gasteiger partial charge in [0.1, 0.15) is 0 Å². The minimum absolute atomic E-state index is 0.0244. The highest BCUT2D eigenvalue weighted by atomic mass is 35.5. The second-order valence-corrected chi connectivity index (χ2v) is 5.33. The molecule has 19 heavy (non-hydrogen) atoms. The molecule has 94 valence electrons. The summed E-state index contributed by atoms with van der Waals surface area (Å²) in [6, 6.07) is 18.0. The summed E-state index contributed by atoms with van der Waals surface area (Å²) in [4.78, 5) is 12.3. The van der Waals surface area contributed by atoms with Gasteiger partial charge in [-0.2, -0.15) is 0 Å². The summed E-state index contributed by atoms with van der Waals surface area (Å²) >= 11 is 5.96. The van der Waals surface area contributed by atoms with Crippen LogP contribution in [-0.4, -0.2) is 11.2 Å². The van der Waals surface area contributed by atoms with E-state index in [4.69, 9.17) is 11.6 Å². The predicted molar refractivity (Wildman–Crippen MR) is 81.1 cm³/mol. The lowest BCUT2D eigenvalue weighted by Crippen LogP contribution is -2.11. The van der Waals surface area contributed by atoms with Gasteiger partial charge in [0.25, 0.3) is 0 Å². The molecular weight excluding hydrogens is 256 g/mol. The third-order valence-corrected chi connectivity index (χ3v) is 3.59. The Morgan fingerprint density at radius 2 is 1.53 bits per heavy atom. The van der Waals surface area contributed by atoms with Gasteiger partial charge in [-0.05, 0) is 34.5 Å². The Bertz CT molecular complexity index is 774. The Labute approximate surface area is 116 Å². The van der Waals surface area contributed by atoms with Gasteiger partial charge in [0.2, 0.25) is 0 Å². The molecule has 3 aromatic carbocycles. The number of benzene rings is 3. The molecule has 0 N–H and O–H groups in total. The first-order valence-electron chi connectivity index (χ1n) is 6.27. The van der Waals surface area contributed by atoms with Crippen molar-refractivity contribution in [1.82, 2.24) is 0 Å². The molecule has 2 heteroatoms. The summed E-state index contributed by atoms with van der Waals surface area (Å²) in [5.74, 6) is -0.0244. The summed E-state index contributed by atoms with van der Waals surface area (Å²) in [5.41, 5.74) is 0.705. The molecule has 0 radical (unpaired) electrons. The SMILES string of the molecule is CC(Cl)C(=O)c1cc2ccccc2c2ccccc12. The maximum absolute atomic E-state index is 12.3. The van der Waals surface area contributed by atoms with E-state index in [0.29, 0.717) is 5.56 Å². The molecular formula is C17H13ClO. The highest BCUT2D eigenvalue weighted by Crippen LogP contribution is 2.29. The summed E-state index contributed by atoms with van der Waals surface area (Å²) in [6.07, 6.45) is 0. The number of hydrogen-bond donors (Lipinski definition) is 0. The molecule has 3 rings (SSSR count). The molecule has 0 spiro atoms. The Kier molecular flexibility index (Phi) is 3.00. The average molecular weight is 269 g/mol. The zero-order valence-corrected chi connectivity index (χ0v) is 11.3. The van der Waals surface area contributed by atoms with Gasteiger partial charge < -0.3 is 0 Å². The molecule has 0 bridgehead atoms. The molecule has 0 aliphatic carbocycles. The van der Waals surface area contributed by atoms with Crippen molar-refractivity contribution in [3.8, 4) is 0 Å². The van der Waals surface area contributed by atoms with Gasteiger partial charge >= 0.3 is 0 Å². The Balaban J connectivity index is 2.46. The zero-order chi connectivity index (χ0) is 13.4.